The number of rotatable bonds is 5. The zero-order chi connectivity index (χ0) is 13.0. The fourth-order valence-electron chi connectivity index (χ4n) is 1.77. The highest BCUT2D eigenvalue weighted by molar-refractivity contribution is 5.57. The highest BCUT2D eigenvalue weighted by Gasteiger charge is 2.24. The van der Waals surface area contributed by atoms with Gasteiger partial charge in [-0.2, -0.15) is 0 Å². The second-order valence-electron chi connectivity index (χ2n) is 3.84. The van der Waals surface area contributed by atoms with E-state index in [0.717, 1.165) is 12.8 Å². The molecule has 0 heterocycles. The largest absolute Gasteiger partial charge is 0.282 e. The molecule has 6 heteroatoms. The van der Waals surface area contributed by atoms with Gasteiger partial charge in [0.1, 0.15) is 5.56 Å². The first-order valence-electron chi connectivity index (χ1n) is 5.40. The lowest BCUT2D eigenvalue weighted by molar-refractivity contribution is -0.395. The van der Waals surface area contributed by atoms with E-state index in [4.69, 9.17) is 0 Å². The molecule has 6 nitrogen and oxygen atoms in total. The van der Waals surface area contributed by atoms with Crippen LogP contribution in [-0.2, 0) is 6.42 Å². The van der Waals surface area contributed by atoms with Gasteiger partial charge in [-0.3, -0.25) is 20.2 Å². The number of aryl methyl sites for hydroxylation is 1. The van der Waals surface area contributed by atoms with Gasteiger partial charge in [0, 0.05) is 11.6 Å². The van der Waals surface area contributed by atoms with E-state index >= 15 is 0 Å². The van der Waals surface area contributed by atoms with Gasteiger partial charge in [0.15, 0.2) is 0 Å². The van der Waals surface area contributed by atoms with E-state index in [0.29, 0.717) is 12.0 Å². The molecule has 0 unspecified atom stereocenters. The van der Waals surface area contributed by atoms with Gasteiger partial charge in [-0.05, 0) is 25.8 Å². The Labute approximate surface area is 98.6 Å². The monoisotopic (exact) mass is 238 g/mol. The summed E-state index contributed by atoms with van der Waals surface area (Å²) in [6.45, 7) is 3.41. The van der Waals surface area contributed by atoms with Crippen molar-refractivity contribution in [1.82, 2.24) is 0 Å². The maximum absolute atomic E-state index is 11.0. The predicted molar refractivity (Wildman–Crippen MR) is 63.1 cm³/mol. The number of benzene rings is 1. The van der Waals surface area contributed by atoms with Gasteiger partial charge in [-0.15, -0.1) is 0 Å². The van der Waals surface area contributed by atoms with Crippen LogP contribution >= 0.6 is 0 Å². The molecule has 0 N–H and O–H groups in total. The minimum Gasteiger partial charge on any atom is -0.258 e. The summed E-state index contributed by atoms with van der Waals surface area (Å²) in [4.78, 5) is 20.5. The molecule has 0 fully saturated rings. The SMILES string of the molecule is CCCCc1ccc([N+](=O)[O-])c(C)c1[N+](=O)[O-]. The second-order valence-corrected chi connectivity index (χ2v) is 3.84. The molecule has 1 aromatic rings. The molecular weight excluding hydrogens is 224 g/mol. The van der Waals surface area contributed by atoms with Crippen molar-refractivity contribution in [2.75, 3.05) is 0 Å². The molecule has 0 saturated carbocycles. The molecule has 0 saturated heterocycles. The van der Waals surface area contributed by atoms with Crippen LogP contribution in [0, 0.1) is 27.2 Å². The summed E-state index contributed by atoms with van der Waals surface area (Å²) in [5.41, 5.74) is 0.387. The molecule has 0 aromatic heterocycles. The number of nitrogens with zero attached hydrogens (tertiary/aromatic N) is 2. The van der Waals surface area contributed by atoms with Crippen molar-refractivity contribution < 1.29 is 9.85 Å². The first kappa shape index (κ1) is 13.1. The first-order chi connectivity index (χ1) is 7.99. The zero-order valence-corrected chi connectivity index (χ0v) is 9.80. The fourth-order valence-corrected chi connectivity index (χ4v) is 1.77. The van der Waals surface area contributed by atoms with E-state index < -0.39 is 9.85 Å². The van der Waals surface area contributed by atoms with Crippen molar-refractivity contribution in [2.45, 2.75) is 33.1 Å². The molecule has 1 aromatic carbocycles. The van der Waals surface area contributed by atoms with Gasteiger partial charge >= 0.3 is 0 Å². The summed E-state index contributed by atoms with van der Waals surface area (Å²) in [7, 11) is 0. The first-order valence-corrected chi connectivity index (χ1v) is 5.40. The van der Waals surface area contributed by atoms with Crippen LogP contribution in [0.5, 0.6) is 0 Å². The number of unbranched alkanes of at least 4 members (excludes halogenated alkanes) is 1. The van der Waals surface area contributed by atoms with Crippen molar-refractivity contribution in [1.29, 1.82) is 0 Å². The topological polar surface area (TPSA) is 86.3 Å². The Morgan fingerprint density at radius 1 is 1.18 bits per heavy atom. The minimum absolute atomic E-state index is 0.118. The van der Waals surface area contributed by atoms with Crippen LogP contribution < -0.4 is 0 Å². The number of hydrogen-bond acceptors (Lipinski definition) is 4. The molecule has 0 spiro atoms. The van der Waals surface area contributed by atoms with Crippen LogP contribution in [0.25, 0.3) is 0 Å². The van der Waals surface area contributed by atoms with Crippen LogP contribution in [0.1, 0.15) is 30.9 Å². The fraction of sp³-hybridized carbons (Fsp3) is 0.455. The zero-order valence-electron chi connectivity index (χ0n) is 9.80. The van der Waals surface area contributed by atoms with E-state index in [2.05, 4.69) is 0 Å². The Kier molecular flexibility index (Phi) is 4.14. The standard InChI is InChI=1S/C11H14N2O4/c1-3-4-5-9-6-7-10(12(14)15)8(2)11(9)13(16)17/h6-7H,3-5H2,1-2H3. The Morgan fingerprint density at radius 3 is 2.29 bits per heavy atom. The molecule has 0 bridgehead atoms. The summed E-state index contributed by atoms with van der Waals surface area (Å²) >= 11 is 0. The third-order valence-corrected chi connectivity index (χ3v) is 2.66. The average molecular weight is 238 g/mol. The van der Waals surface area contributed by atoms with E-state index in [1.54, 1.807) is 0 Å². The van der Waals surface area contributed by atoms with Crippen LogP contribution in [-0.4, -0.2) is 9.85 Å². The molecule has 0 aliphatic rings. The van der Waals surface area contributed by atoms with Gasteiger partial charge in [-0.25, -0.2) is 0 Å². The highest BCUT2D eigenvalue weighted by Crippen LogP contribution is 2.31. The molecule has 0 amide bonds. The molecule has 17 heavy (non-hydrogen) atoms. The molecule has 0 radical (unpaired) electrons. The smallest absolute Gasteiger partial charge is 0.258 e. The summed E-state index contributed by atoms with van der Waals surface area (Å²) in [5.74, 6) is 0. The third-order valence-electron chi connectivity index (χ3n) is 2.66. The van der Waals surface area contributed by atoms with E-state index in [-0.39, 0.29) is 16.9 Å². The van der Waals surface area contributed by atoms with Crippen molar-refractivity contribution in [3.05, 3.63) is 43.5 Å². The van der Waals surface area contributed by atoms with Gasteiger partial charge < -0.3 is 0 Å². The van der Waals surface area contributed by atoms with Crippen LogP contribution in [0.2, 0.25) is 0 Å². The summed E-state index contributed by atoms with van der Waals surface area (Å²) in [6, 6.07) is 2.83. The second kappa shape index (κ2) is 5.38. The van der Waals surface area contributed by atoms with Crippen LogP contribution in [0.3, 0.4) is 0 Å². The van der Waals surface area contributed by atoms with Crippen LogP contribution in [0.15, 0.2) is 12.1 Å². The molecular formula is C11H14N2O4. The Bertz CT molecular complexity index is 457. The molecule has 0 atom stereocenters. The quantitative estimate of drug-likeness (QED) is 0.582. The average Bonchev–Trinajstić information content (AvgIpc) is 2.25. The number of hydrogen-bond donors (Lipinski definition) is 0. The molecule has 1 rings (SSSR count). The van der Waals surface area contributed by atoms with E-state index in [1.165, 1.54) is 19.1 Å². The van der Waals surface area contributed by atoms with E-state index in [1.807, 2.05) is 6.92 Å². The lowest BCUT2D eigenvalue weighted by atomic mass is 10.0. The summed E-state index contributed by atoms with van der Waals surface area (Å²) in [6.07, 6.45) is 2.33. The third kappa shape index (κ3) is 2.77. The molecule has 0 aliphatic carbocycles. The minimum atomic E-state index is -0.591. The Balaban J connectivity index is 3.29. The number of nitro benzene ring substituents is 2. The van der Waals surface area contributed by atoms with Crippen LogP contribution in [0.4, 0.5) is 11.4 Å². The lowest BCUT2D eigenvalue weighted by Crippen LogP contribution is -2.02. The maximum Gasteiger partial charge on any atom is 0.282 e. The van der Waals surface area contributed by atoms with Gasteiger partial charge in [-0.1, -0.05) is 13.3 Å². The van der Waals surface area contributed by atoms with Gasteiger partial charge in [0.05, 0.1) is 9.85 Å². The summed E-state index contributed by atoms with van der Waals surface area (Å²) < 4.78 is 0. The molecule has 92 valence electrons. The van der Waals surface area contributed by atoms with Gasteiger partial charge in [0.25, 0.3) is 11.4 Å². The van der Waals surface area contributed by atoms with E-state index in [9.17, 15) is 20.2 Å². The Morgan fingerprint density at radius 2 is 1.82 bits per heavy atom. The van der Waals surface area contributed by atoms with Crippen molar-refractivity contribution in [3.63, 3.8) is 0 Å². The maximum atomic E-state index is 11.0. The lowest BCUT2D eigenvalue weighted by Gasteiger charge is -2.05. The normalized spacial score (nSPS) is 10.2. The van der Waals surface area contributed by atoms with Gasteiger partial charge in [0.2, 0.25) is 0 Å². The van der Waals surface area contributed by atoms with Crippen molar-refractivity contribution in [3.8, 4) is 0 Å². The number of nitro groups is 2. The van der Waals surface area contributed by atoms with Crippen molar-refractivity contribution in [2.24, 2.45) is 0 Å². The molecule has 0 aliphatic heterocycles. The van der Waals surface area contributed by atoms with Crippen molar-refractivity contribution >= 4 is 11.4 Å². The summed E-state index contributed by atoms with van der Waals surface area (Å²) in [5, 5.41) is 21.7. The highest BCUT2D eigenvalue weighted by atomic mass is 16.6. The predicted octanol–water partition coefficient (Wildman–Crippen LogP) is 3.15. The Hall–Kier alpha value is -1.98.